The van der Waals surface area contributed by atoms with Gasteiger partial charge in [0.05, 0.1) is 23.6 Å². The van der Waals surface area contributed by atoms with E-state index in [4.69, 9.17) is 10.00 Å². The molecule has 0 radical (unpaired) electrons. The molecule has 1 aliphatic heterocycles. The number of nitriles is 1. The lowest BCUT2D eigenvalue weighted by Crippen LogP contribution is -2.41. The quantitative estimate of drug-likeness (QED) is 0.594. The minimum atomic E-state index is -3.93. The monoisotopic (exact) mass is 451 g/mol. The molecule has 1 fully saturated rings. The second-order valence-electron chi connectivity index (χ2n) is 7.55. The number of ether oxygens (including phenoxy) is 1. The number of hydrogen-bond donors (Lipinski definition) is 2. The first-order chi connectivity index (χ1) is 15.3. The molecular formula is C23H21N3O5S. The van der Waals surface area contributed by atoms with E-state index in [0.29, 0.717) is 35.2 Å². The van der Waals surface area contributed by atoms with Crippen LogP contribution in [-0.4, -0.2) is 44.0 Å². The van der Waals surface area contributed by atoms with Crippen molar-refractivity contribution in [1.29, 1.82) is 5.26 Å². The van der Waals surface area contributed by atoms with Gasteiger partial charge in [-0.3, -0.25) is 4.79 Å². The molecule has 2 N–H and O–H groups in total. The van der Waals surface area contributed by atoms with Crippen molar-refractivity contribution in [2.75, 3.05) is 13.7 Å². The summed E-state index contributed by atoms with van der Waals surface area (Å²) in [6.07, 6.45) is 0.304. The van der Waals surface area contributed by atoms with Gasteiger partial charge < -0.3 is 14.7 Å². The first-order valence-electron chi connectivity index (χ1n) is 9.91. The Labute approximate surface area is 185 Å². The standard InChI is InChI=1S/C23H21N3O5S/c1-31-19-5-3-16-4-6-20(12-17(16)11-19)32(29,30)25-21-8-9-26(23(21)28)14-18-10-15(13-24)2-7-22(18)27/h2-7,10-12,21,25,27H,8-9,14H2,1H3/t21-/m0/s1. The van der Waals surface area contributed by atoms with E-state index < -0.39 is 16.1 Å². The smallest absolute Gasteiger partial charge is 0.241 e. The van der Waals surface area contributed by atoms with Crippen molar-refractivity contribution in [3.05, 3.63) is 65.7 Å². The van der Waals surface area contributed by atoms with E-state index in [-0.39, 0.29) is 23.1 Å². The lowest BCUT2D eigenvalue weighted by atomic mass is 10.1. The van der Waals surface area contributed by atoms with Crippen LogP contribution in [0.5, 0.6) is 11.5 Å². The molecule has 32 heavy (non-hydrogen) atoms. The third-order valence-corrected chi connectivity index (χ3v) is 6.96. The predicted molar refractivity (Wildman–Crippen MR) is 117 cm³/mol. The summed E-state index contributed by atoms with van der Waals surface area (Å²) in [6.45, 7) is 0.422. The fraction of sp³-hybridized carbons (Fsp3) is 0.217. The summed E-state index contributed by atoms with van der Waals surface area (Å²) in [7, 11) is -2.39. The topological polar surface area (TPSA) is 120 Å². The van der Waals surface area contributed by atoms with E-state index in [0.717, 1.165) is 5.39 Å². The van der Waals surface area contributed by atoms with Crippen molar-refractivity contribution in [2.45, 2.75) is 23.9 Å². The zero-order chi connectivity index (χ0) is 22.9. The van der Waals surface area contributed by atoms with E-state index in [1.54, 1.807) is 24.3 Å². The number of phenols is 1. The average molecular weight is 452 g/mol. The number of nitrogens with zero attached hydrogens (tertiary/aromatic N) is 2. The maximum Gasteiger partial charge on any atom is 0.241 e. The highest BCUT2D eigenvalue weighted by Crippen LogP contribution is 2.26. The molecule has 3 aromatic carbocycles. The van der Waals surface area contributed by atoms with E-state index in [1.165, 1.54) is 36.3 Å². The summed E-state index contributed by atoms with van der Waals surface area (Å²) >= 11 is 0. The van der Waals surface area contributed by atoms with Crippen molar-refractivity contribution in [2.24, 2.45) is 0 Å². The normalized spacial score (nSPS) is 16.3. The van der Waals surface area contributed by atoms with Crippen LogP contribution in [0.4, 0.5) is 0 Å². The maximum atomic E-state index is 12.9. The SMILES string of the molecule is COc1ccc2ccc(S(=O)(=O)N[C@H]3CCN(Cc4cc(C#N)ccc4O)C3=O)cc2c1. The Morgan fingerprint density at radius 2 is 1.94 bits per heavy atom. The van der Waals surface area contributed by atoms with Crippen molar-refractivity contribution in [3.63, 3.8) is 0 Å². The van der Waals surface area contributed by atoms with Gasteiger partial charge in [0.1, 0.15) is 17.5 Å². The molecule has 0 spiro atoms. The molecule has 0 aliphatic carbocycles. The Morgan fingerprint density at radius 1 is 1.16 bits per heavy atom. The van der Waals surface area contributed by atoms with E-state index >= 15 is 0 Å². The Hall–Kier alpha value is -3.61. The molecule has 1 saturated heterocycles. The van der Waals surface area contributed by atoms with Gasteiger partial charge in [0.25, 0.3) is 0 Å². The third-order valence-electron chi connectivity index (χ3n) is 5.49. The molecule has 1 atom stereocenters. The highest BCUT2D eigenvalue weighted by Gasteiger charge is 2.35. The minimum absolute atomic E-state index is 0.0209. The summed E-state index contributed by atoms with van der Waals surface area (Å²) in [5.74, 6) is 0.218. The van der Waals surface area contributed by atoms with Gasteiger partial charge in [-0.1, -0.05) is 12.1 Å². The second kappa shape index (κ2) is 8.49. The second-order valence-corrected chi connectivity index (χ2v) is 9.27. The summed E-state index contributed by atoms with van der Waals surface area (Å²) in [5, 5.41) is 20.7. The molecule has 4 rings (SSSR count). The van der Waals surface area contributed by atoms with Gasteiger partial charge in [-0.15, -0.1) is 0 Å². The Bertz CT molecular complexity index is 1350. The first kappa shape index (κ1) is 21.6. The lowest BCUT2D eigenvalue weighted by Gasteiger charge is -2.18. The molecule has 0 bridgehead atoms. The Morgan fingerprint density at radius 3 is 2.69 bits per heavy atom. The van der Waals surface area contributed by atoms with E-state index in [2.05, 4.69) is 4.72 Å². The van der Waals surface area contributed by atoms with Crippen LogP contribution >= 0.6 is 0 Å². The first-order valence-corrected chi connectivity index (χ1v) is 11.4. The van der Waals surface area contributed by atoms with Crippen LogP contribution in [0.15, 0.2) is 59.5 Å². The largest absolute Gasteiger partial charge is 0.508 e. The van der Waals surface area contributed by atoms with Gasteiger partial charge in [0.15, 0.2) is 0 Å². The Kier molecular flexibility index (Phi) is 5.74. The highest BCUT2D eigenvalue weighted by molar-refractivity contribution is 7.89. The summed E-state index contributed by atoms with van der Waals surface area (Å²) in [5.41, 5.74) is 0.805. The van der Waals surface area contributed by atoms with Crippen LogP contribution in [0.1, 0.15) is 17.5 Å². The zero-order valence-corrected chi connectivity index (χ0v) is 18.1. The molecule has 0 aromatic heterocycles. The van der Waals surface area contributed by atoms with Gasteiger partial charge in [-0.05, 0) is 59.7 Å². The fourth-order valence-electron chi connectivity index (χ4n) is 3.74. The van der Waals surface area contributed by atoms with E-state index in [1.807, 2.05) is 12.1 Å². The average Bonchev–Trinajstić information content (AvgIpc) is 3.12. The highest BCUT2D eigenvalue weighted by atomic mass is 32.2. The minimum Gasteiger partial charge on any atom is -0.508 e. The predicted octanol–water partition coefficient (Wildman–Crippen LogP) is 2.51. The molecule has 0 unspecified atom stereocenters. The van der Waals surface area contributed by atoms with Gasteiger partial charge in [-0.25, -0.2) is 8.42 Å². The number of rotatable bonds is 6. The summed E-state index contributed by atoms with van der Waals surface area (Å²) < 4.78 is 33.6. The van der Waals surface area contributed by atoms with Gasteiger partial charge >= 0.3 is 0 Å². The lowest BCUT2D eigenvalue weighted by molar-refractivity contribution is -0.129. The number of likely N-dealkylation sites (tertiary alicyclic amines) is 1. The molecule has 164 valence electrons. The van der Waals surface area contributed by atoms with Crippen molar-refractivity contribution in [1.82, 2.24) is 9.62 Å². The molecule has 1 heterocycles. The number of sulfonamides is 1. The van der Waals surface area contributed by atoms with Gasteiger partial charge in [0.2, 0.25) is 15.9 Å². The number of carbonyl (C=O) groups excluding carboxylic acids is 1. The fourth-order valence-corrected chi connectivity index (χ4v) is 5.00. The zero-order valence-electron chi connectivity index (χ0n) is 17.3. The van der Waals surface area contributed by atoms with Crippen LogP contribution in [0.25, 0.3) is 10.8 Å². The number of phenolic OH excluding ortho intramolecular Hbond substituents is 1. The van der Waals surface area contributed by atoms with E-state index in [9.17, 15) is 18.3 Å². The number of carbonyl (C=O) groups is 1. The molecule has 8 nitrogen and oxygen atoms in total. The molecule has 1 amide bonds. The number of nitrogens with one attached hydrogen (secondary N) is 1. The number of amides is 1. The maximum absolute atomic E-state index is 12.9. The molecule has 0 saturated carbocycles. The molecule has 9 heteroatoms. The summed E-state index contributed by atoms with van der Waals surface area (Å²) in [6, 6.07) is 15.6. The number of aromatic hydroxyl groups is 1. The molecule has 3 aromatic rings. The number of hydrogen-bond acceptors (Lipinski definition) is 6. The molecule has 1 aliphatic rings. The van der Waals surface area contributed by atoms with Crippen LogP contribution in [0.2, 0.25) is 0 Å². The van der Waals surface area contributed by atoms with Crippen LogP contribution in [0, 0.1) is 11.3 Å². The third kappa shape index (κ3) is 4.23. The van der Waals surface area contributed by atoms with Gasteiger partial charge in [-0.2, -0.15) is 9.98 Å². The van der Waals surface area contributed by atoms with Gasteiger partial charge in [0, 0.05) is 18.7 Å². The van der Waals surface area contributed by atoms with Crippen molar-refractivity contribution in [3.8, 4) is 17.6 Å². The number of fused-ring (bicyclic) bond motifs is 1. The van der Waals surface area contributed by atoms with Crippen LogP contribution in [0.3, 0.4) is 0 Å². The van der Waals surface area contributed by atoms with Crippen molar-refractivity contribution >= 4 is 26.7 Å². The summed E-state index contributed by atoms with van der Waals surface area (Å²) in [4.78, 5) is 14.3. The van der Waals surface area contributed by atoms with Crippen molar-refractivity contribution < 1.29 is 23.1 Å². The molecular weight excluding hydrogens is 430 g/mol. The number of methoxy groups -OCH3 is 1. The Balaban J connectivity index is 1.51. The van der Waals surface area contributed by atoms with Crippen LogP contribution < -0.4 is 9.46 Å². The number of benzene rings is 3. The van der Waals surface area contributed by atoms with Crippen LogP contribution in [-0.2, 0) is 21.4 Å².